The second-order valence-corrected chi connectivity index (χ2v) is 8.86. The normalized spacial score (nSPS) is 25.8. The van der Waals surface area contributed by atoms with E-state index in [9.17, 15) is 4.79 Å². The highest BCUT2D eigenvalue weighted by Crippen LogP contribution is 2.43. The van der Waals surface area contributed by atoms with E-state index in [1.165, 1.54) is 0 Å². The number of benzene rings is 1. The Kier molecular flexibility index (Phi) is 4.90. The summed E-state index contributed by atoms with van der Waals surface area (Å²) in [6, 6.07) is 10.3. The zero-order valence-electron chi connectivity index (χ0n) is 16.1. The number of aromatic nitrogens is 2. The van der Waals surface area contributed by atoms with Crippen LogP contribution in [0.4, 0.5) is 5.13 Å². The topological polar surface area (TPSA) is 58.6 Å². The summed E-state index contributed by atoms with van der Waals surface area (Å²) in [5, 5.41) is 10.8. The van der Waals surface area contributed by atoms with Crippen molar-refractivity contribution in [1.29, 1.82) is 0 Å². The van der Waals surface area contributed by atoms with Crippen LogP contribution < -0.4 is 4.90 Å². The molecule has 0 spiro atoms. The molecule has 2 saturated heterocycles. The van der Waals surface area contributed by atoms with Gasteiger partial charge in [-0.25, -0.2) is 0 Å². The molecule has 2 fully saturated rings. The fraction of sp³-hybridized carbons (Fsp3) is 0.550. The molecule has 0 aliphatic carbocycles. The molecule has 27 heavy (non-hydrogen) atoms. The quantitative estimate of drug-likeness (QED) is 0.809. The Balaban J connectivity index is 1.61. The summed E-state index contributed by atoms with van der Waals surface area (Å²) >= 11 is 1.67. The number of likely N-dealkylation sites (N-methyl/N-ethyl adjacent to an activating group) is 1. The minimum Gasteiger partial charge on any atom is -0.364 e. The van der Waals surface area contributed by atoms with E-state index in [1.54, 1.807) is 11.3 Å². The Morgan fingerprint density at radius 1 is 1.30 bits per heavy atom. The van der Waals surface area contributed by atoms with Gasteiger partial charge in [-0.2, -0.15) is 0 Å². The van der Waals surface area contributed by atoms with E-state index >= 15 is 0 Å². The van der Waals surface area contributed by atoms with Gasteiger partial charge in [0.15, 0.2) is 0 Å². The number of carbonyl (C=O) groups is 1. The third kappa shape index (κ3) is 3.23. The zero-order valence-corrected chi connectivity index (χ0v) is 16.9. The number of hydrogen-bond acceptors (Lipinski definition) is 6. The Bertz CT molecular complexity index is 809. The lowest BCUT2D eigenvalue weighted by Crippen LogP contribution is -2.67. The maximum absolute atomic E-state index is 12.5. The molecule has 2 aliphatic heterocycles. The average Bonchev–Trinajstić information content (AvgIpc) is 3.13. The Morgan fingerprint density at radius 3 is 2.81 bits per heavy atom. The maximum Gasteiger partial charge on any atom is 0.249 e. The first kappa shape index (κ1) is 18.4. The molecule has 0 saturated carbocycles. The van der Waals surface area contributed by atoms with Crippen molar-refractivity contribution in [3.63, 3.8) is 0 Å². The number of anilines is 1. The molecule has 1 aromatic carbocycles. The highest BCUT2D eigenvalue weighted by atomic mass is 32.1. The molecule has 6 nitrogen and oxygen atoms in total. The predicted molar refractivity (Wildman–Crippen MR) is 106 cm³/mol. The van der Waals surface area contributed by atoms with E-state index in [1.807, 2.05) is 30.1 Å². The molecule has 2 aromatic rings. The summed E-state index contributed by atoms with van der Waals surface area (Å²) in [6.45, 7) is 6.06. The van der Waals surface area contributed by atoms with E-state index in [0.29, 0.717) is 12.5 Å². The fourth-order valence-corrected chi connectivity index (χ4v) is 5.29. The summed E-state index contributed by atoms with van der Waals surface area (Å²) in [6.07, 6.45) is 1.67. The molecule has 0 unspecified atom stereocenters. The van der Waals surface area contributed by atoms with Gasteiger partial charge in [0.1, 0.15) is 17.7 Å². The first-order valence-corrected chi connectivity index (χ1v) is 10.3. The second kappa shape index (κ2) is 7.20. The fourth-order valence-electron chi connectivity index (χ4n) is 4.20. The van der Waals surface area contributed by atoms with Crippen molar-refractivity contribution in [2.45, 2.75) is 38.3 Å². The number of nitrogens with zero attached hydrogens (tertiary/aromatic N) is 4. The van der Waals surface area contributed by atoms with Gasteiger partial charge in [0.05, 0.1) is 5.54 Å². The number of carbonyl (C=O) groups excluding carboxylic acids is 1. The van der Waals surface area contributed by atoms with Crippen LogP contribution in [0.15, 0.2) is 30.3 Å². The van der Waals surface area contributed by atoms with Crippen molar-refractivity contribution in [3.05, 3.63) is 40.9 Å². The number of rotatable bonds is 4. The van der Waals surface area contributed by atoms with Crippen molar-refractivity contribution in [2.24, 2.45) is 5.92 Å². The van der Waals surface area contributed by atoms with E-state index in [0.717, 1.165) is 35.1 Å². The molecule has 0 N–H and O–H groups in total. The number of amides is 1. The lowest BCUT2D eigenvalue weighted by molar-refractivity contribution is -0.173. The van der Waals surface area contributed by atoms with Gasteiger partial charge in [-0.15, -0.1) is 10.2 Å². The molecule has 2 atom stereocenters. The van der Waals surface area contributed by atoms with Crippen molar-refractivity contribution in [1.82, 2.24) is 15.1 Å². The standard InChI is InChI=1S/C20H26N4O2S/c1-14(2)11-17-21-22-19(27-17)24-10-9-20(15-7-5-4-6-8-15)16(12-24)26-13-18(25)23(20)3/h4-8,14,16H,9-13H2,1-3H3/t16-,20+/m1/s1. The number of piperidine rings is 1. The minimum atomic E-state index is -0.418. The highest BCUT2D eigenvalue weighted by Gasteiger charge is 2.53. The smallest absolute Gasteiger partial charge is 0.249 e. The number of ether oxygens (including phenoxy) is 1. The van der Waals surface area contributed by atoms with Crippen molar-refractivity contribution >= 4 is 22.4 Å². The molecule has 1 amide bonds. The van der Waals surface area contributed by atoms with E-state index in [-0.39, 0.29) is 18.6 Å². The van der Waals surface area contributed by atoms with Crippen LogP contribution in [0.5, 0.6) is 0 Å². The van der Waals surface area contributed by atoms with E-state index in [4.69, 9.17) is 4.74 Å². The van der Waals surface area contributed by atoms with Crippen LogP contribution in [0.3, 0.4) is 0 Å². The summed E-state index contributed by atoms with van der Waals surface area (Å²) in [5.41, 5.74) is 0.724. The molecule has 7 heteroatoms. The predicted octanol–water partition coefficient (Wildman–Crippen LogP) is 2.70. The van der Waals surface area contributed by atoms with Crippen molar-refractivity contribution < 1.29 is 9.53 Å². The molecule has 0 radical (unpaired) electrons. The maximum atomic E-state index is 12.5. The molecule has 2 aliphatic rings. The Hall–Kier alpha value is -1.99. The SMILES string of the molecule is CC(C)Cc1nnc(N2CC[C@]3(c4ccccc4)[C@@H](C2)OCC(=O)N3C)s1. The summed E-state index contributed by atoms with van der Waals surface area (Å²) in [4.78, 5) is 16.6. The third-order valence-corrected chi connectivity index (χ3v) is 6.65. The van der Waals surface area contributed by atoms with Crippen molar-refractivity contribution in [3.8, 4) is 0 Å². The summed E-state index contributed by atoms with van der Waals surface area (Å²) in [5.74, 6) is 0.609. The van der Waals surface area contributed by atoms with Crippen LogP contribution in [-0.2, 0) is 21.5 Å². The summed E-state index contributed by atoms with van der Waals surface area (Å²) < 4.78 is 6.07. The number of morpholine rings is 1. The van der Waals surface area contributed by atoms with Crippen LogP contribution in [-0.4, -0.2) is 53.9 Å². The molecule has 144 valence electrons. The van der Waals surface area contributed by atoms with Gasteiger partial charge in [0.2, 0.25) is 11.0 Å². The van der Waals surface area contributed by atoms with Crippen LogP contribution in [0.1, 0.15) is 30.8 Å². The zero-order chi connectivity index (χ0) is 19.0. The largest absolute Gasteiger partial charge is 0.364 e. The van der Waals surface area contributed by atoms with E-state index in [2.05, 4.69) is 41.1 Å². The van der Waals surface area contributed by atoms with E-state index < -0.39 is 5.54 Å². The minimum absolute atomic E-state index is 0.0405. The van der Waals surface area contributed by atoms with Gasteiger partial charge in [-0.3, -0.25) is 4.79 Å². The molecular weight excluding hydrogens is 360 g/mol. The monoisotopic (exact) mass is 386 g/mol. The van der Waals surface area contributed by atoms with Crippen LogP contribution in [0, 0.1) is 5.92 Å². The second-order valence-electron chi connectivity index (χ2n) is 7.82. The lowest BCUT2D eigenvalue weighted by atomic mass is 9.76. The van der Waals surface area contributed by atoms with Gasteiger partial charge in [0.25, 0.3) is 0 Å². The van der Waals surface area contributed by atoms with Gasteiger partial charge in [-0.1, -0.05) is 55.5 Å². The third-order valence-electron chi connectivity index (χ3n) is 5.65. The summed E-state index contributed by atoms with van der Waals surface area (Å²) in [7, 11) is 1.91. The van der Waals surface area contributed by atoms with Crippen LogP contribution in [0.2, 0.25) is 0 Å². The Morgan fingerprint density at radius 2 is 2.07 bits per heavy atom. The van der Waals surface area contributed by atoms with Crippen molar-refractivity contribution in [2.75, 3.05) is 31.6 Å². The van der Waals surface area contributed by atoms with Crippen LogP contribution >= 0.6 is 11.3 Å². The molecule has 1 aromatic heterocycles. The van der Waals surface area contributed by atoms with Crippen LogP contribution in [0.25, 0.3) is 0 Å². The molecule has 4 rings (SSSR count). The first-order valence-electron chi connectivity index (χ1n) is 9.52. The van der Waals surface area contributed by atoms with Gasteiger partial charge in [0, 0.05) is 26.6 Å². The van der Waals surface area contributed by atoms with Gasteiger partial charge >= 0.3 is 0 Å². The average molecular weight is 387 g/mol. The number of hydrogen-bond donors (Lipinski definition) is 0. The molecule has 3 heterocycles. The highest BCUT2D eigenvalue weighted by molar-refractivity contribution is 7.15. The molecule has 0 bridgehead atoms. The first-order chi connectivity index (χ1) is 13.0. The van der Waals surface area contributed by atoms with Gasteiger partial charge < -0.3 is 14.5 Å². The Labute approximate surface area is 164 Å². The van der Waals surface area contributed by atoms with Gasteiger partial charge in [-0.05, 0) is 17.9 Å². The lowest BCUT2D eigenvalue weighted by Gasteiger charge is -2.54. The molecular formula is C20H26N4O2S. The number of fused-ring (bicyclic) bond motifs is 1.